The SMILES string of the molecule is CCCCN(C(=O)C(NC(=O)OC(C)(C)C)C(C)CC)C(C(=O)NC(C)(C)C)c1cccc(O)c1. The first-order chi connectivity index (χ1) is 16.1. The molecule has 3 atom stereocenters. The summed E-state index contributed by atoms with van der Waals surface area (Å²) in [6.45, 7) is 17.0. The lowest BCUT2D eigenvalue weighted by atomic mass is 9.95. The molecule has 198 valence electrons. The Bertz CT molecular complexity index is 857. The van der Waals surface area contributed by atoms with Crippen molar-refractivity contribution in [3.63, 3.8) is 0 Å². The van der Waals surface area contributed by atoms with Gasteiger partial charge in [-0.05, 0) is 71.6 Å². The summed E-state index contributed by atoms with van der Waals surface area (Å²) >= 11 is 0. The summed E-state index contributed by atoms with van der Waals surface area (Å²) in [5, 5.41) is 15.9. The summed E-state index contributed by atoms with van der Waals surface area (Å²) in [5.74, 6) is -0.914. The Labute approximate surface area is 210 Å². The fourth-order valence-electron chi connectivity index (χ4n) is 3.60. The van der Waals surface area contributed by atoms with Crippen LogP contribution in [-0.2, 0) is 14.3 Å². The molecule has 8 nitrogen and oxygen atoms in total. The van der Waals surface area contributed by atoms with Gasteiger partial charge in [0.05, 0.1) is 0 Å². The van der Waals surface area contributed by atoms with Crippen molar-refractivity contribution in [2.24, 2.45) is 5.92 Å². The van der Waals surface area contributed by atoms with E-state index in [-0.39, 0.29) is 23.5 Å². The molecule has 0 spiro atoms. The summed E-state index contributed by atoms with van der Waals surface area (Å²) in [4.78, 5) is 41.7. The average molecular weight is 492 g/mol. The zero-order chi connectivity index (χ0) is 27.0. The predicted molar refractivity (Wildman–Crippen MR) is 138 cm³/mol. The molecule has 0 aromatic heterocycles. The number of carbonyl (C=O) groups excluding carboxylic acids is 3. The smallest absolute Gasteiger partial charge is 0.408 e. The van der Waals surface area contributed by atoms with Crippen molar-refractivity contribution in [2.45, 2.75) is 105 Å². The lowest BCUT2D eigenvalue weighted by Crippen LogP contribution is -2.56. The summed E-state index contributed by atoms with van der Waals surface area (Å²) in [7, 11) is 0. The molecule has 0 bridgehead atoms. The molecule has 1 aromatic rings. The minimum absolute atomic E-state index is 0.00399. The first-order valence-electron chi connectivity index (χ1n) is 12.5. The lowest BCUT2D eigenvalue weighted by Gasteiger charge is -2.37. The Hall–Kier alpha value is -2.77. The molecule has 0 heterocycles. The Morgan fingerprint density at radius 2 is 1.71 bits per heavy atom. The van der Waals surface area contributed by atoms with Crippen molar-refractivity contribution in [3.8, 4) is 5.75 Å². The van der Waals surface area contributed by atoms with E-state index in [2.05, 4.69) is 10.6 Å². The minimum atomic E-state index is -0.979. The van der Waals surface area contributed by atoms with Gasteiger partial charge in [0, 0.05) is 12.1 Å². The maximum Gasteiger partial charge on any atom is 0.408 e. The Kier molecular flexibility index (Phi) is 11.1. The highest BCUT2D eigenvalue weighted by Crippen LogP contribution is 2.28. The van der Waals surface area contributed by atoms with Crippen LogP contribution in [0.4, 0.5) is 4.79 Å². The number of hydrogen-bond donors (Lipinski definition) is 3. The third kappa shape index (κ3) is 10.2. The fraction of sp³-hybridized carbons (Fsp3) is 0.667. The van der Waals surface area contributed by atoms with Gasteiger partial charge in [0.2, 0.25) is 11.8 Å². The van der Waals surface area contributed by atoms with Crippen LogP contribution in [0.5, 0.6) is 5.75 Å². The number of amides is 3. The number of alkyl carbamates (subject to hydrolysis) is 1. The number of rotatable bonds is 10. The topological polar surface area (TPSA) is 108 Å². The third-order valence-electron chi connectivity index (χ3n) is 5.43. The summed E-state index contributed by atoms with van der Waals surface area (Å²) < 4.78 is 5.41. The fourth-order valence-corrected chi connectivity index (χ4v) is 3.60. The zero-order valence-electron chi connectivity index (χ0n) is 22.9. The van der Waals surface area contributed by atoms with E-state index in [1.54, 1.807) is 32.9 Å². The van der Waals surface area contributed by atoms with Gasteiger partial charge in [-0.25, -0.2) is 4.79 Å². The first-order valence-corrected chi connectivity index (χ1v) is 12.5. The van der Waals surface area contributed by atoms with Gasteiger partial charge in [-0.2, -0.15) is 0 Å². The molecule has 0 saturated carbocycles. The molecule has 0 aliphatic carbocycles. The molecule has 35 heavy (non-hydrogen) atoms. The molecule has 0 radical (unpaired) electrons. The maximum absolute atomic E-state index is 14.0. The van der Waals surface area contributed by atoms with Crippen molar-refractivity contribution < 1.29 is 24.2 Å². The summed E-state index contributed by atoms with van der Waals surface area (Å²) in [6, 6.07) is 4.53. The molecular weight excluding hydrogens is 446 g/mol. The van der Waals surface area contributed by atoms with E-state index in [0.717, 1.165) is 6.42 Å². The van der Waals surface area contributed by atoms with E-state index in [9.17, 15) is 19.5 Å². The quantitative estimate of drug-likeness (QED) is 0.431. The molecule has 0 saturated heterocycles. The Morgan fingerprint density at radius 1 is 1.09 bits per heavy atom. The van der Waals surface area contributed by atoms with Gasteiger partial charge in [0.15, 0.2) is 0 Å². The van der Waals surface area contributed by atoms with E-state index in [4.69, 9.17) is 4.74 Å². The van der Waals surface area contributed by atoms with Gasteiger partial charge in [-0.3, -0.25) is 9.59 Å². The number of nitrogens with zero attached hydrogens (tertiary/aromatic N) is 1. The lowest BCUT2D eigenvalue weighted by molar-refractivity contribution is -0.144. The van der Waals surface area contributed by atoms with E-state index < -0.39 is 29.3 Å². The van der Waals surface area contributed by atoms with Crippen LogP contribution in [0.1, 0.15) is 93.2 Å². The highest BCUT2D eigenvalue weighted by molar-refractivity contribution is 5.92. The van der Waals surface area contributed by atoms with Crippen LogP contribution in [0.2, 0.25) is 0 Å². The normalized spacial score (nSPS) is 14.4. The number of benzene rings is 1. The highest BCUT2D eigenvalue weighted by atomic mass is 16.6. The number of phenols is 1. The molecule has 0 fully saturated rings. The van der Waals surface area contributed by atoms with Gasteiger partial charge in [-0.15, -0.1) is 0 Å². The van der Waals surface area contributed by atoms with Gasteiger partial charge in [0.25, 0.3) is 0 Å². The van der Waals surface area contributed by atoms with Gasteiger partial charge >= 0.3 is 6.09 Å². The van der Waals surface area contributed by atoms with Crippen molar-refractivity contribution in [1.82, 2.24) is 15.5 Å². The minimum Gasteiger partial charge on any atom is -0.508 e. The van der Waals surface area contributed by atoms with Crippen LogP contribution < -0.4 is 10.6 Å². The van der Waals surface area contributed by atoms with Crippen LogP contribution >= 0.6 is 0 Å². The van der Waals surface area contributed by atoms with Crippen molar-refractivity contribution in [3.05, 3.63) is 29.8 Å². The third-order valence-corrected chi connectivity index (χ3v) is 5.43. The molecule has 1 aromatic carbocycles. The van der Waals surface area contributed by atoms with Gasteiger partial charge < -0.3 is 25.4 Å². The van der Waals surface area contributed by atoms with Crippen LogP contribution in [0.25, 0.3) is 0 Å². The summed E-state index contributed by atoms with van der Waals surface area (Å²) in [5.41, 5.74) is -0.751. The molecule has 0 aliphatic rings. The molecular formula is C27H45N3O5. The van der Waals surface area contributed by atoms with Crippen molar-refractivity contribution in [1.29, 1.82) is 0 Å². The van der Waals surface area contributed by atoms with Crippen LogP contribution in [0, 0.1) is 5.92 Å². The second-order valence-electron chi connectivity index (χ2n) is 11.1. The van der Waals surface area contributed by atoms with Crippen LogP contribution in [0.15, 0.2) is 24.3 Å². The monoisotopic (exact) mass is 491 g/mol. The van der Waals surface area contributed by atoms with E-state index in [1.807, 2.05) is 41.5 Å². The molecule has 3 amide bonds. The number of aromatic hydroxyl groups is 1. The molecule has 0 aliphatic heterocycles. The van der Waals surface area contributed by atoms with Gasteiger partial charge in [0.1, 0.15) is 23.4 Å². The second-order valence-corrected chi connectivity index (χ2v) is 11.1. The Morgan fingerprint density at radius 3 is 2.20 bits per heavy atom. The van der Waals surface area contributed by atoms with Crippen LogP contribution in [0.3, 0.4) is 0 Å². The molecule has 3 unspecified atom stereocenters. The standard InChI is InChI=1S/C27H45N3O5/c1-10-12-16-30(24(33)21(18(3)11-2)28-25(34)35-27(7,8)9)22(23(32)29-26(4,5)6)19-14-13-15-20(31)17-19/h13-15,17-18,21-22,31H,10-12,16H2,1-9H3,(H,28,34)(H,29,32). The zero-order valence-corrected chi connectivity index (χ0v) is 22.9. The molecule has 3 N–H and O–H groups in total. The highest BCUT2D eigenvalue weighted by Gasteiger charge is 2.38. The van der Waals surface area contributed by atoms with E-state index in [1.165, 1.54) is 17.0 Å². The van der Waals surface area contributed by atoms with Crippen molar-refractivity contribution in [2.75, 3.05) is 6.54 Å². The van der Waals surface area contributed by atoms with E-state index >= 15 is 0 Å². The number of carbonyl (C=O) groups is 3. The van der Waals surface area contributed by atoms with Gasteiger partial charge in [-0.1, -0.05) is 45.7 Å². The number of unbranched alkanes of at least 4 members (excludes halogenated alkanes) is 1. The molecule has 8 heteroatoms. The number of phenolic OH excluding ortho intramolecular Hbond substituents is 1. The summed E-state index contributed by atoms with van der Waals surface area (Å²) in [6.07, 6.45) is 1.44. The van der Waals surface area contributed by atoms with Crippen LogP contribution in [-0.4, -0.2) is 51.6 Å². The predicted octanol–water partition coefficient (Wildman–Crippen LogP) is 4.92. The molecule has 1 rings (SSSR count). The number of hydrogen-bond acceptors (Lipinski definition) is 5. The largest absolute Gasteiger partial charge is 0.508 e. The van der Waals surface area contributed by atoms with Crippen molar-refractivity contribution >= 4 is 17.9 Å². The number of nitrogens with one attached hydrogen (secondary N) is 2. The number of ether oxygens (including phenoxy) is 1. The average Bonchev–Trinajstić information content (AvgIpc) is 2.71. The Balaban J connectivity index is 3.52. The second kappa shape index (κ2) is 12.8. The van der Waals surface area contributed by atoms with E-state index in [0.29, 0.717) is 24.9 Å². The first kappa shape index (κ1) is 30.3. The maximum atomic E-state index is 14.0.